The number of ether oxygens (including phenoxy) is 1. The van der Waals surface area contributed by atoms with Crippen LogP contribution in [0.4, 0.5) is 5.69 Å². The summed E-state index contributed by atoms with van der Waals surface area (Å²) in [5.74, 6) is 0.461. The van der Waals surface area contributed by atoms with Crippen LogP contribution in [0.3, 0.4) is 0 Å². The number of hydrogen-bond acceptors (Lipinski definition) is 3. The maximum atomic E-state index is 12.3. The third-order valence-electron chi connectivity index (χ3n) is 4.49. The Morgan fingerprint density at radius 2 is 2.00 bits per heavy atom. The number of nitrogens with one attached hydrogen (secondary N) is 2. The molecule has 2 aromatic carbocycles. The number of benzene rings is 2. The van der Waals surface area contributed by atoms with Crippen molar-refractivity contribution in [2.45, 2.75) is 12.8 Å². The summed E-state index contributed by atoms with van der Waals surface area (Å²) in [5, 5.41) is 5.67. The smallest absolute Gasteiger partial charge is 0.224 e. The lowest BCUT2D eigenvalue weighted by Gasteiger charge is -2.10. The predicted molar refractivity (Wildman–Crippen MR) is 109 cm³/mol. The largest absolute Gasteiger partial charge is 0.495 e. The molecule has 0 saturated heterocycles. The normalized spacial score (nSPS) is 11.0. The number of fused-ring (bicyclic) bond motifs is 3. The summed E-state index contributed by atoms with van der Waals surface area (Å²) in [5.41, 5.74) is 3.51. The Morgan fingerprint density at radius 1 is 1.15 bits per heavy atom. The Bertz CT molecular complexity index is 1140. The van der Waals surface area contributed by atoms with E-state index in [2.05, 4.69) is 21.4 Å². The average Bonchev–Trinajstić information content (AvgIpc) is 3.04. The minimum Gasteiger partial charge on any atom is -0.495 e. The van der Waals surface area contributed by atoms with Crippen LogP contribution < -0.4 is 10.1 Å². The zero-order chi connectivity index (χ0) is 18.8. The summed E-state index contributed by atoms with van der Waals surface area (Å²) in [6, 6.07) is 15.3. The zero-order valence-corrected chi connectivity index (χ0v) is 15.5. The SMILES string of the molecule is COc1ccc(Cl)cc1NC(=O)CCc1cc2c(cn1)[nH]c1ccccc12. The van der Waals surface area contributed by atoms with Crippen LogP contribution in [0.25, 0.3) is 21.8 Å². The molecule has 136 valence electrons. The third kappa shape index (κ3) is 3.59. The lowest BCUT2D eigenvalue weighted by molar-refractivity contribution is -0.116. The van der Waals surface area contributed by atoms with E-state index < -0.39 is 0 Å². The van der Waals surface area contributed by atoms with E-state index in [0.717, 1.165) is 27.5 Å². The van der Waals surface area contributed by atoms with Crippen molar-refractivity contribution in [3.8, 4) is 5.75 Å². The number of aryl methyl sites for hydroxylation is 1. The van der Waals surface area contributed by atoms with Gasteiger partial charge >= 0.3 is 0 Å². The quantitative estimate of drug-likeness (QED) is 0.515. The highest BCUT2D eigenvalue weighted by atomic mass is 35.5. The highest BCUT2D eigenvalue weighted by Crippen LogP contribution is 2.28. The van der Waals surface area contributed by atoms with Gasteiger partial charge in [0.15, 0.2) is 0 Å². The monoisotopic (exact) mass is 379 g/mol. The van der Waals surface area contributed by atoms with Gasteiger partial charge in [0.25, 0.3) is 0 Å². The van der Waals surface area contributed by atoms with Gasteiger partial charge in [-0.05, 0) is 36.8 Å². The van der Waals surface area contributed by atoms with Gasteiger partial charge in [0.05, 0.1) is 24.5 Å². The first-order chi connectivity index (χ1) is 13.1. The van der Waals surface area contributed by atoms with Gasteiger partial charge in [0.1, 0.15) is 5.75 Å². The van der Waals surface area contributed by atoms with E-state index in [9.17, 15) is 4.79 Å². The standard InChI is InChI=1S/C21H18ClN3O2/c1-27-20-8-6-13(22)10-18(20)25-21(26)9-7-14-11-16-15-4-2-3-5-17(15)24-19(16)12-23-14/h2-6,8,10-12,24H,7,9H2,1H3,(H,25,26). The van der Waals surface area contributed by atoms with Gasteiger partial charge in [0.2, 0.25) is 5.91 Å². The lowest BCUT2D eigenvalue weighted by atomic mass is 10.1. The van der Waals surface area contributed by atoms with Crippen LogP contribution >= 0.6 is 11.6 Å². The number of rotatable bonds is 5. The Hall–Kier alpha value is -3.05. The minimum absolute atomic E-state index is 0.114. The Morgan fingerprint density at radius 3 is 2.85 bits per heavy atom. The van der Waals surface area contributed by atoms with Gasteiger partial charge in [-0.2, -0.15) is 0 Å². The molecule has 0 aliphatic heterocycles. The Kier molecular flexibility index (Phi) is 4.69. The molecule has 2 aromatic heterocycles. The van der Waals surface area contributed by atoms with Crippen molar-refractivity contribution in [1.82, 2.24) is 9.97 Å². The fourth-order valence-electron chi connectivity index (χ4n) is 3.16. The fourth-order valence-corrected chi connectivity index (χ4v) is 3.33. The van der Waals surface area contributed by atoms with E-state index >= 15 is 0 Å². The van der Waals surface area contributed by atoms with Crippen LogP contribution in [-0.2, 0) is 11.2 Å². The number of halogens is 1. The van der Waals surface area contributed by atoms with E-state index in [-0.39, 0.29) is 5.91 Å². The number of carbonyl (C=O) groups is 1. The minimum atomic E-state index is -0.114. The first kappa shape index (κ1) is 17.4. The molecule has 2 heterocycles. The first-order valence-corrected chi connectivity index (χ1v) is 9.00. The molecule has 27 heavy (non-hydrogen) atoms. The van der Waals surface area contributed by atoms with Crippen molar-refractivity contribution < 1.29 is 9.53 Å². The van der Waals surface area contributed by atoms with Crippen LogP contribution in [0.1, 0.15) is 12.1 Å². The summed E-state index contributed by atoms with van der Waals surface area (Å²) in [6.07, 6.45) is 2.68. The molecule has 4 aromatic rings. The molecule has 0 unspecified atom stereocenters. The summed E-state index contributed by atoms with van der Waals surface area (Å²) < 4.78 is 5.26. The predicted octanol–water partition coefficient (Wildman–Crippen LogP) is 4.95. The number of methoxy groups -OCH3 is 1. The second-order valence-electron chi connectivity index (χ2n) is 6.28. The number of carbonyl (C=O) groups excluding carboxylic acids is 1. The molecule has 0 radical (unpaired) electrons. The number of pyridine rings is 1. The van der Waals surface area contributed by atoms with E-state index in [1.54, 1.807) is 25.3 Å². The second-order valence-corrected chi connectivity index (χ2v) is 6.72. The summed E-state index contributed by atoms with van der Waals surface area (Å²) in [6.45, 7) is 0. The average molecular weight is 380 g/mol. The molecule has 4 rings (SSSR count). The first-order valence-electron chi connectivity index (χ1n) is 8.63. The summed E-state index contributed by atoms with van der Waals surface area (Å²) >= 11 is 6.00. The molecule has 0 atom stereocenters. The van der Waals surface area contributed by atoms with Crippen molar-refractivity contribution in [3.05, 3.63) is 65.4 Å². The van der Waals surface area contributed by atoms with E-state index in [4.69, 9.17) is 16.3 Å². The molecule has 0 saturated carbocycles. The number of hydrogen-bond donors (Lipinski definition) is 2. The number of aromatic amines is 1. The highest BCUT2D eigenvalue weighted by molar-refractivity contribution is 6.31. The van der Waals surface area contributed by atoms with E-state index in [1.165, 1.54) is 0 Å². The molecular weight excluding hydrogens is 362 g/mol. The molecule has 2 N–H and O–H groups in total. The molecule has 5 nitrogen and oxygen atoms in total. The zero-order valence-electron chi connectivity index (χ0n) is 14.8. The molecule has 0 spiro atoms. The van der Waals surface area contributed by atoms with E-state index in [1.807, 2.05) is 30.5 Å². The molecule has 0 aliphatic carbocycles. The number of amides is 1. The van der Waals surface area contributed by atoms with Crippen molar-refractivity contribution >= 4 is 45.0 Å². The van der Waals surface area contributed by atoms with E-state index in [0.29, 0.717) is 29.3 Å². The summed E-state index contributed by atoms with van der Waals surface area (Å²) in [7, 11) is 1.55. The van der Waals surface area contributed by atoms with Gasteiger partial charge in [0, 0.05) is 33.4 Å². The van der Waals surface area contributed by atoms with Gasteiger partial charge in [-0.15, -0.1) is 0 Å². The van der Waals surface area contributed by atoms with Crippen LogP contribution in [0.2, 0.25) is 5.02 Å². The molecule has 0 bridgehead atoms. The number of nitrogens with zero attached hydrogens (tertiary/aromatic N) is 1. The molecule has 0 aliphatic rings. The van der Waals surface area contributed by atoms with Crippen LogP contribution in [0.15, 0.2) is 54.7 Å². The topological polar surface area (TPSA) is 67.0 Å². The maximum absolute atomic E-state index is 12.3. The van der Waals surface area contributed by atoms with Crippen LogP contribution in [-0.4, -0.2) is 23.0 Å². The second kappa shape index (κ2) is 7.29. The van der Waals surface area contributed by atoms with Crippen molar-refractivity contribution in [2.24, 2.45) is 0 Å². The highest BCUT2D eigenvalue weighted by Gasteiger charge is 2.10. The van der Waals surface area contributed by atoms with Gasteiger partial charge in [-0.1, -0.05) is 29.8 Å². The molecule has 6 heteroatoms. The molecule has 1 amide bonds. The number of para-hydroxylation sites is 1. The number of aromatic nitrogens is 2. The Labute approximate surface area is 161 Å². The molecular formula is C21H18ClN3O2. The molecule has 0 fully saturated rings. The van der Waals surface area contributed by atoms with Crippen molar-refractivity contribution in [2.75, 3.05) is 12.4 Å². The lowest BCUT2D eigenvalue weighted by Crippen LogP contribution is -2.13. The number of anilines is 1. The van der Waals surface area contributed by atoms with Crippen LogP contribution in [0.5, 0.6) is 5.75 Å². The Balaban J connectivity index is 1.49. The fraction of sp³-hybridized carbons (Fsp3) is 0.143. The number of H-pyrrole nitrogens is 1. The van der Waals surface area contributed by atoms with Gasteiger partial charge < -0.3 is 15.0 Å². The third-order valence-corrected chi connectivity index (χ3v) is 4.73. The van der Waals surface area contributed by atoms with Gasteiger partial charge in [-0.25, -0.2) is 0 Å². The van der Waals surface area contributed by atoms with Crippen molar-refractivity contribution in [1.29, 1.82) is 0 Å². The van der Waals surface area contributed by atoms with Gasteiger partial charge in [-0.3, -0.25) is 9.78 Å². The van der Waals surface area contributed by atoms with Crippen LogP contribution in [0, 0.1) is 0 Å². The summed E-state index contributed by atoms with van der Waals surface area (Å²) in [4.78, 5) is 20.2. The van der Waals surface area contributed by atoms with Crippen molar-refractivity contribution in [3.63, 3.8) is 0 Å². The maximum Gasteiger partial charge on any atom is 0.224 e.